The first-order chi connectivity index (χ1) is 15.0. The van der Waals surface area contributed by atoms with Gasteiger partial charge in [0.2, 0.25) is 5.79 Å². The van der Waals surface area contributed by atoms with Crippen molar-refractivity contribution in [2.75, 3.05) is 26.3 Å². The van der Waals surface area contributed by atoms with Crippen molar-refractivity contribution < 1.29 is 24.0 Å². The van der Waals surface area contributed by atoms with E-state index in [4.69, 9.17) is 24.0 Å². The zero-order valence-corrected chi connectivity index (χ0v) is 19.0. The number of H-pyrrole nitrogens is 1. The Morgan fingerprint density at radius 1 is 1.06 bits per heavy atom. The van der Waals surface area contributed by atoms with E-state index in [9.17, 15) is 0 Å². The Kier molecular flexibility index (Phi) is 5.02. The van der Waals surface area contributed by atoms with Gasteiger partial charge in [0, 0.05) is 43.4 Å². The number of rotatable bonds is 3. The maximum atomic E-state index is 6.75. The van der Waals surface area contributed by atoms with Gasteiger partial charge < -0.3 is 19.2 Å². The Balaban J connectivity index is 1.28. The van der Waals surface area contributed by atoms with E-state index in [1.165, 1.54) is 12.1 Å². The largest absolute Gasteiger partial charge is 0.379 e. The van der Waals surface area contributed by atoms with Gasteiger partial charge in [-0.3, -0.25) is 4.90 Å². The summed E-state index contributed by atoms with van der Waals surface area (Å²) in [6, 6.07) is 4.41. The van der Waals surface area contributed by atoms with Crippen LogP contribution in [0.4, 0.5) is 0 Å². The number of morpholine rings is 1. The average molecular weight is 433 g/mol. The lowest BCUT2D eigenvalue weighted by Crippen LogP contribution is -2.69. The van der Waals surface area contributed by atoms with Crippen LogP contribution >= 0.6 is 0 Å². The molecule has 0 radical (unpaired) electrons. The van der Waals surface area contributed by atoms with E-state index in [0.717, 1.165) is 57.8 Å². The summed E-state index contributed by atoms with van der Waals surface area (Å²) in [6.45, 7) is 11.2. The van der Waals surface area contributed by atoms with Gasteiger partial charge in [-0.2, -0.15) is 0 Å². The maximum absolute atomic E-state index is 6.75. The molecule has 0 amide bonds. The molecule has 2 bridgehead atoms. The number of aromatic nitrogens is 1. The van der Waals surface area contributed by atoms with Crippen LogP contribution in [0.2, 0.25) is 0 Å². The van der Waals surface area contributed by atoms with E-state index in [-0.39, 0.29) is 6.10 Å². The number of hydrogen-bond donors (Lipinski definition) is 1. The molecule has 172 valence electrons. The van der Waals surface area contributed by atoms with Gasteiger partial charge in [0.15, 0.2) is 11.9 Å². The van der Waals surface area contributed by atoms with Gasteiger partial charge in [0.1, 0.15) is 6.10 Å². The van der Waals surface area contributed by atoms with Gasteiger partial charge in [0.05, 0.1) is 13.2 Å². The van der Waals surface area contributed by atoms with Crippen LogP contribution < -0.4 is 0 Å². The zero-order valence-electron chi connectivity index (χ0n) is 19.0. The normalized spacial score (nSPS) is 47.7. The zero-order chi connectivity index (χ0) is 21.2. The van der Waals surface area contributed by atoms with Gasteiger partial charge in [-0.25, -0.2) is 9.78 Å². The lowest BCUT2D eigenvalue weighted by atomic mass is 9.57. The molecule has 5 saturated heterocycles. The highest BCUT2D eigenvalue weighted by molar-refractivity contribution is 5.19. The van der Waals surface area contributed by atoms with Crippen molar-refractivity contribution in [1.29, 1.82) is 0 Å². The third-order valence-corrected chi connectivity index (χ3v) is 8.73. The molecule has 6 heterocycles. The summed E-state index contributed by atoms with van der Waals surface area (Å²) in [7, 11) is 0. The molecule has 1 aliphatic carbocycles. The molecular formula is C24H36N2O5. The molecule has 0 unspecified atom stereocenters. The summed E-state index contributed by atoms with van der Waals surface area (Å²) >= 11 is 0. The summed E-state index contributed by atoms with van der Waals surface area (Å²) in [5.74, 6) is 0.940. The van der Waals surface area contributed by atoms with Crippen LogP contribution in [0.15, 0.2) is 12.1 Å². The topological polar surface area (TPSA) is 65.2 Å². The summed E-state index contributed by atoms with van der Waals surface area (Å²) in [5, 5.41) is 0. The number of nitrogens with zero attached hydrogens (tertiary/aromatic N) is 1. The van der Waals surface area contributed by atoms with Gasteiger partial charge in [-0.05, 0) is 56.1 Å². The summed E-state index contributed by atoms with van der Waals surface area (Å²) in [6.07, 6.45) is 3.85. The second kappa shape index (κ2) is 7.54. The van der Waals surface area contributed by atoms with Crippen molar-refractivity contribution >= 4 is 0 Å². The van der Waals surface area contributed by atoms with E-state index < -0.39 is 17.7 Å². The molecule has 1 aromatic heterocycles. The highest BCUT2D eigenvalue weighted by atomic mass is 17.3. The molecule has 1 saturated carbocycles. The summed E-state index contributed by atoms with van der Waals surface area (Å²) < 4.78 is 18.7. The quantitative estimate of drug-likeness (QED) is 0.734. The number of aromatic amines is 1. The minimum absolute atomic E-state index is 0.0281. The highest BCUT2D eigenvalue weighted by Crippen LogP contribution is 2.62. The predicted molar refractivity (Wildman–Crippen MR) is 113 cm³/mol. The minimum atomic E-state index is -0.722. The predicted octanol–water partition coefficient (Wildman–Crippen LogP) is 3.77. The second-order valence-electron chi connectivity index (χ2n) is 10.7. The molecule has 6 aliphatic rings. The molecule has 7 rings (SSSR count). The summed E-state index contributed by atoms with van der Waals surface area (Å²) in [5.41, 5.74) is 1.89. The smallest absolute Gasteiger partial charge is 0.201 e. The molecule has 5 aliphatic heterocycles. The second-order valence-corrected chi connectivity index (χ2v) is 10.7. The average Bonchev–Trinajstić information content (AvgIpc) is 3.10. The number of nitrogens with one attached hydrogen (secondary N) is 1. The van der Waals surface area contributed by atoms with Gasteiger partial charge >= 0.3 is 0 Å². The molecule has 1 spiro atoms. The first kappa shape index (κ1) is 20.6. The lowest BCUT2D eigenvalue weighted by Gasteiger charge is -2.60. The van der Waals surface area contributed by atoms with Crippen LogP contribution in [0.1, 0.15) is 63.9 Å². The number of hydrogen-bond acceptors (Lipinski definition) is 6. The van der Waals surface area contributed by atoms with Crippen molar-refractivity contribution in [3.8, 4) is 0 Å². The Hall–Kier alpha value is -0.960. The third-order valence-electron chi connectivity index (χ3n) is 8.73. The van der Waals surface area contributed by atoms with Crippen molar-refractivity contribution in [1.82, 2.24) is 9.88 Å². The molecular weight excluding hydrogens is 396 g/mol. The van der Waals surface area contributed by atoms with Crippen LogP contribution in [0, 0.1) is 23.7 Å². The van der Waals surface area contributed by atoms with E-state index in [0.29, 0.717) is 23.7 Å². The molecule has 31 heavy (non-hydrogen) atoms. The fraction of sp³-hybridized carbons (Fsp3) is 0.833. The molecule has 6 fully saturated rings. The Bertz CT molecular complexity index is 810. The van der Waals surface area contributed by atoms with Crippen LogP contribution in [-0.2, 0) is 30.5 Å². The van der Waals surface area contributed by atoms with Gasteiger partial charge in [-0.1, -0.05) is 13.8 Å². The van der Waals surface area contributed by atoms with Crippen molar-refractivity contribution in [3.05, 3.63) is 23.5 Å². The van der Waals surface area contributed by atoms with E-state index in [1.807, 2.05) is 6.92 Å². The minimum Gasteiger partial charge on any atom is -0.379 e. The van der Waals surface area contributed by atoms with Crippen LogP contribution in [-0.4, -0.2) is 53.9 Å². The fourth-order valence-corrected chi connectivity index (χ4v) is 6.98. The monoisotopic (exact) mass is 432 g/mol. The van der Waals surface area contributed by atoms with Crippen LogP contribution in [0.5, 0.6) is 0 Å². The summed E-state index contributed by atoms with van der Waals surface area (Å²) in [4.78, 5) is 18.3. The van der Waals surface area contributed by atoms with Gasteiger partial charge in [0.25, 0.3) is 0 Å². The van der Waals surface area contributed by atoms with E-state index in [1.54, 1.807) is 0 Å². The lowest BCUT2D eigenvalue weighted by molar-refractivity contribution is -0.571. The Labute approximate surface area is 184 Å². The molecule has 0 aromatic carbocycles. The Morgan fingerprint density at radius 2 is 1.90 bits per heavy atom. The maximum Gasteiger partial charge on any atom is 0.201 e. The van der Waals surface area contributed by atoms with E-state index >= 15 is 0 Å². The van der Waals surface area contributed by atoms with Crippen molar-refractivity contribution in [3.63, 3.8) is 0 Å². The van der Waals surface area contributed by atoms with Crippen LogP contribution in [0.25, 0.3) is 0 Å². The SMILES string of the molecule is C[C@H]1[C@H](c2ccc(CN3CCOCC3)[nH]2)O[C@@H]2O[C@]3(C)CC[C@H]4[C@H](C)CC[C@@H]1[C@@]24OO3. The third kappa shape index (κ3) is 3.23. The van der Waals surface area contributed by atoms with Crippen molar-refractivity contribution in [2.24, 2.45) is 23.7 Å². The molecule has 7 heteroatoms. The number of fused-ring (bicyclic) bond motifs is 2. The van der Waals surface area contributed by atoms with E-state index in [2.05, 4.69) is 35.9 Å². The van der Waals surface area contributed by atoms with Crippen molar-refractivity contribution in [2.45, 2.75) is 76.8 Å². The molecule has 1 aromatic rings. The first-order valence-electron chi connectivity index (χ1n) is 12.2. The molecule has 8 atom stereocenters. The Morgan fingerprint density at radius 3 is 2.74 bits per heavy atom. The van der Waals surface area contributed by atoms with Crippen LogP contribution in [0.3, 0.4) is 0 Å². The first-order valence-corrected chi connectivity index (χ1v) is 12.2. The molecule has 7 nitrogen and oxygen atoms in total. The molecule has 1 N–H and O–H groups in total. The number of ether oxygens (including phenoxy) is 3. The van der Waals surface area contributed by atoms with Gasteiger partial charge in [-0.15, -0.1) is 0 Å². The highest BCUT2D eigenvalue weighted by Gasteiger charge is 2.69. The standard InChI is InChI=1S/C24H36N2O5/c1-15-4-6-19-16(2)21(20-7-5-17(25-20)14-26-10-12-27-13-11-26)28-22-24(19)18(15)8-9-23(3,29-22)30-31-24/h5,7,15-16,18-19,21-22,25H,4,6,8-14H2,1-3H3/t15-,16-,18+,19+,21-,22-,23+,24-/m1/s1. The fourth-order valence-electron chi connectivity index (χ4n) is 6.98.